The molecule has 31 heavy (non-hydrogen) atoms. The first-order chi connectivity index (χ1) is 15.1. The van der Waals surface area contributed by atoms with Gasteiger partial charge in [0.15, 0.2) is 17.7 Å². The number of hydrogen-bond acceptors (Lipinski definition) is 4. The molecule has 5 nitrogen and oxygen atoms in total. The lowest BCUT2D eigenvalue weighted by molar-refractivity contribution is -0.146. The Balaban J connectivity index is 1.61. The number of rotatable bonds is 7. The lowest BCUT2D eigenvalue weighted by atomic mass is 9.99. The maximum absolute atomic E-state index is 14.0. The van der Waals surface area contributed by atoms with Crippen LogP contribution in [0.15, 0.2) is 79.0 Å². The summed E-state index contributed by atoms with van der Waals surface area (Å²) in [5, 5.41) is 0.752. The van der Waals surface area contributed by atoms with Crippen molar-refractivity contribution >= 4 is 22.7 Å². The Bertz CT molecular complexity index is 1230. The van der Waals surface area contributed by atoms with Gasteiger partial charge in [0.1, 0.15) is 0 Å². The molecule has 0 bridgehead atoms. The number of ketones is 1. The Morgan fingerprint density at radius 2 is 1.74 bits per heavy atom. The number of Topliss-reactive ketones (excluding diaryl/α,β-unsaturated/α-hetero) is 1. The van der Waals surface area contributed by atoms with Crippen molar-refractivity contribution in [1.29, 1.82) is 0 Å². The number of hydrogen-bond donors (Lipinski definition) is 1. The number of esters is 1. The second-order valence-corrected chi connectivity index (χ2v) is 7.04. The average molecular weight is 417 g/mol. The van der Waals surface area contributed by atoms with E-state index in [0.717, 1.165) is 10.9 Å². The fourth-order valence-electron chi connectivity index (χ4n) is 3.48. The van der Waals surface area contributed by atoms with Crippen molar-refractivity contribution in [2.24, 2.45) is 0 Å². The molecule has 0 aliphatic rings. The van der Waals surface area contributed by atoms with Crippen LogP contribution in [0.5, 0.6) is 5.75 Å². The zero-order valence-electron chi connectivity index (χ0n) is 16.8. The van der Waals surface area contributed by atoms with Gasteiger partial charge < -0.3 is 14.5 Å². The molecule has 1 atom stereocenters. The summed E-state index contributed by atoms with van der Waals surface area (Å²) in [6, 6.07) is 20.5. The van der Waals surface area contributed by atoms with Gasteiger partial charge in [0.2, 0.25) is 5.78 Å². The SMILES string of the molecule is COc1ccc(CC(=O)O[C@H](C(=O)c2c[nH]c3ccccc23)c2ccccc2)cc1F. The number of para-hydroxylation sites is 1. The molecule has 1 heterocycles. The number of nitrogens with one attached hydrogen (secondary N) is 1. The van der Waals surface area contributed by atoms with Gasteiger partial charge >= 0.3 is 5.97 Å². The third kappa shape index (κ3) is 4.33. The van der Waals surface area contributed by atoms with E-state index in [1.807, 2.05) is 30.3 Å². The van der Waals surface area contributed by atoms with Crippen LogP contribution in [-0.4, -0.2) is 23.8 Å². The van der Waals surface area contributed by atoms with Crippen LogP contribution in [0.1, 0.15) is 27.6 Å². The molecule has 3 aromatic carbocycles. The standard InChI is InChI=1S/C25H20FNO4/c1-30-22-12-11-16(13-20(22)26)14-23(28)31-25(17-7-3-2-4-8-17)24(29)19-15-27-21-10-6-5-9-18(19)21/h2-13,15,25,27H,14H2,1H3/t25-/m0/s1. The van der Waals surface area contributed by atoms with E-state index in [2.05, 4.69) is 4.98 Å². The molecule has 1 N–H and O–H groups in total. The minimum absolute atomic E-state index is 0.0915. The minimum Gasteiger partial charge on any atom is -0.494 e. The predicted molar refractivity (Wildman–Crippen MR) is 115 cm³/mol. The molecule has 0 saturated heterocycles. The number of carbonyl (C=O) groups is 2. The fourth-order valence-corrected chi connectivity index (χ4v) is 3.48. The molecule has 0 amide bonds. The van der Waals surface area contributed by atoms with Gasteiger partial charge in [-0.15, -0.1) is 0 Å². The number of H-pyrrole nitrogens is 1. The summed E-state index contributed by atoms with van der Waals surface area (Å²) in [5.74, 6) is -1.44. The minimum atomic E-state index is -1.11. The van der Waals surface area contributed by atoms with Gasteiger partial charge in [-0.3, -0.25) is 9.59 Å². The number of benzene rings is 3. The van der Waals surface area contributed by atoms with Gasteiger partial charge in [-0.1, -0.05) is 54.6 Å². The molecule has 6 heteroatoms. The molecule has 156 valence electrons. The Labute approximate surface area is 178 Å². The summed E-state index contributed by atoms with van der Waals surface area (Å²) >= 11 is 0. The summed E-state index contributed by atoms with van der Waals surface area (Å²) in [6.45, 7) is 0. The fraction of sp³-hybridized carbons (Fsp3) is 0.120. The topological polar surface area (TPSA) is 68.4 Å². The molecule has 0 aliphatic heterocycles. The Morgan fingerprint density at radius 1 is 1.00 bits per heavy atom. The van der Waals surface area contributed by atoms with Crippen molar-refractivity contribution in [3.05, 3.63) is 102 Å². The Morgan fingerprint density at radius 3 is 2.48 bits per heavy atom. The summed E-state index contributed by atoms with van der Waals surface area (Å²) < 4.78 is 24.5. The monoisotopic (exact) mass is 417 g/mol. The van der Waals surface area contributed by atoms with Gasteiger partial charge in [0, 0.05) is 28.2 Å². The molecule has 0 aliphatic carbocycles. The Kier molecular flexibility index (Phi) is 5.80. The molecule has 0 saturated carbocycles. The highest BCUT2D eigenvalue weighted by Gasteiger charge is 2.28. The lowest BCUT2D eigenvalue weighted by Gasteiger charge is -2.17. The number of aromatic nitrogens is 1. The van der Waals surface area contributed by atoms with Crippen LogP contribution in [0.25, 0.3) is 10.9 Å². The van der Waals surface area contributed by atoms with Crippen molar-refractivity contribution in [2.75, 3.05) is 7.11 Å². The average Bonchev–Trinajstić information content (AvgIpc) is 3.22. The first-order valence-corrected chi connectivity index (χ1v) is 9.74. The quantitative estimate of drug-likeness (QED) is 0.338. The highest BCUT2D eigenvalue weighted by Crippen LogP contribution is 2.28. The van der Waals surface area contributed by atoms with E-state index in [1.54, 1.807) is 36.5 Å². The molecular formula is C25H20FNO4. The van der Waals surface area contributed by atoms with Crippen molar-refractivity contribution in [2.45, 2.75) is 12.5 Å². The van der Waals surface area contributed by atoms with Crippen molar-refractivity contribution < 1.29 is 23.5 Å². The maximum atomic E-state index is 14.0. The van der Waals surface area contributed by atoms with Crippen molar-refractivity contribution in [1.82, 2.24) is 4.98 Å². The van der Waals surface area contributed by atoms with E-state index in [9.17, 15) is 14.0 Å². The summed E-state index contributed by atoms with van der Waals surface area (Å²) in [6.07, 6.45) is 0.331. The first kappa shape index (κ1) is 20.3. The van der Waals surface area contributed by atoms with Gasteiger partial charge in [0.25, 0.3) is 0 Å². The highest BCUT2D eigenvalue weighted by molar-refractivity contribution is 6.10. The van der Waals surface area contributed by atoms with Crippen LogP contribution in [0, 0.1) is 5.82 Å². The van der Waals surface area contributed by atoms with E-state index < -0.39 is 17.9 Å². The zero-order chi connectivity index (χ0) is 21.8. The first-order valence-electron chi connectivity index (χ1n) is 9.74. The maximum Gasteiger partial charge on any atom is 0.311 e. The molecule has 1 aromatic heterocycles. The number of carbonyl (C=O) groups excluding carboxylic acids is 2. The van der Waals surface area contributed by atoms with Crippen LogP contribution in [0.2, 0.25) is 0 Å². The summed E-state index contributed by atoms with van der Waals surface area (Å²) in [7, 11) is 1.37. The third-order valence-corrected chi connectivity index (χ3v) is 5.01. The third-order valence-electron chi connectivity index (χ3n) is 5.01. The van der Waals surface area contributed by atoms with Gasteiger partial charge in [0.05, 0.1) is 13.5 Å². The van der Waals surface area contributed by atoms with Crippen molar-refractivity contribution in [3.63, 3.8) is 0 Å². The lowest BCUT2D eigenvalue weighted by Crippen LogP contribution is -2.21. The molecular weight excluding hydrogens is 397 g/mol. The Hall–Kier alpha value is -3.93. The van der Waals surface area contributed by atoms with Gasteiger partial charge in [-0.05, 0) is 23.8 Å². The number of fused-ring (bicyclic) bond motifs is 1. The molecule has 0 fully saturated rings. The number of aromatic amines is 1. The second-order valence-electron chi connectivity index (χ2n) is 7.04. The van der Waals surface area contributed by atoms with E-state index in [1.165, 1.54) is 19.2 Å². The second kappa shape index (κ2) is 8.83. The van der Waals surface area contributed by atoms with Crippen LogP contribution in [0.4, 0.5) is 4.39 Å². The van der Waals surface area contributed by atoms with Crippen LogP contribution >= 0.6 is 0 Å². The molecule has 4 rings (SSSR count). The van der Waals surface area contributed by atoms with E-state index in [0.29, 0.717) is 16.7 Å². The molecule has 0 unspecified atom stereocenters. The summed E-state index contributed by atoms with van der Waals surface area (Å²) in [4.78, 5) is 29.1. The van der Waals surface area contributed by atoms with Gasteiger partial charge in [-0.25, -0.2) is 4.39 Å². The van der Waals surface area contributed by atoms with Crippen LogP contribution in [0.3, 0.4) is 0 Å². The van der Waals surface area contributed by atoms with Gasteiger partial charge in [-0.2, -0.15) is 0 Å². The predicted octanol–water partition coefficient (Wildman–Crippen LogP) is 5.03. The van der Waals surface area contributed by atoms with Crippen molar-refractivity contribution in [3.8, 4) is 5.75 Å². The number of methoxy groups -OCH3 is 1. The van der Waals surface area contributed by atoms with E-state index >= 15 is 0 Å². The normalized spacial score (nSPS) is 11.8. The molecule has 4 aromatic rings. The molecule has 0 spiro atoms. The largest absolute Gasteiger partial charge is 0.494 e. The highest BCUT2D eigenvalue weighted by atomic mass is 19.1. The number of ether oxygens (including phenoxy) is 2. The zero-order valence-corrected chi connectivity index (χ0v) is 16.8. The summed E-state index contributed by atoms with van der Waals surface area (Å²) in [5.41, 5.74) is 2.24. The van der Waals surface area contributed by atoms with Crippen LogP contribution in [-0.2, 0) is 16.0 Å². The smallest absolute Gasteiger partial charge is 0.311 e. The number of halogens is 1. The molecule has 0 radical (unpaired) electrons. The van der Waals surface area contributed by atoms with E-state index in [4.69, 9.17) is 9.47 Å². The van der Waals surface area contributed by atoms with E-state index in [-0.39, 0.29) is 18.0 Å². The van der Waals surface area contributed by atoms with Crippen LogP contribution < -0.4 is 4.74 Å².